The number of nitrogens with two attached hydrogens (primary N) is 1. The van der Waals surface area contributed by atoms with E-state index in [4.69, 9.17) is 17.3 Å². The first-order valence-electron chi connectivity index (χ1n) is 8.77. The van der Waals surface area contributed by atoms with E-state index in [0.717, 1.165) is 31.4 Å². The zero-order chi connectivity index (χ0) is 20.3. The topological polar surface area (TPSA) is 105 Å². The second-order valence-electron chi connectivity index (χ2n) is 6.49. The van der Waals surface area contributed by atoms with Crippen molar-refractivity contribution in [2.45, 2.75) is 30.7 Å². The summed E-state index contributed by atoms with van der Waals surface area (Å²) in [5.41, 5.74) is 5.91. The van der Waals surface area contributed by atoms with Crippen LogP contribution < -0.4 is 11.1 Å². The number of pyridine rings is 1. The highest BCUT2D eigenvalue weighted by Gasteiger charge is 2.28. The molecule has 3 N–H and O–H groups in total. The Balaban J connectivity index is 0.00000300. The third kappa shape index (κ3) is 5.36. The van der Waals surface area contributed by atoms with E-state index in [2.05, 4.69) is 10.3 Å². The van der Waals surface area contributed by atoms with E-state index in [1.807, 2.05) is 0 Å². The van der Waals surface area contributed by atoms with Gasteiger partial charge >= 0.3 is 0 Å². The lowest BCUT2D eigenvalue weighted by atomic mass is 10.2. The predicted octanol–water partition coefficient (Wildman–Crippen LogP) is 2.98. The van der Waals surface area contributed by atoms with E-state index in [1.165, 1.54) is 22.6 Å². The summed E-state index contributed by atoms with van der Waals surface area (Å²) < 4.78 is 41.1. The lowest BCUT2D eigenvalue weighted by Crippen LogP contribution is -2.36. The molecule has 29 heavy (non-hydrogen) atoms. The summed E-state index contributed by atoms with van der Waals surface area (Å²) in [5, 5.41) is 2.79. The number of piperidine rings is 1. The molecule has 1 aliphatic heterocycles. The molecule has 7 nitrogen and oxygen atoms in total. The molecule has 0 unspecified atom stereocenters. The average Bonchev–Trinajstić information content (AvgIpc) is 2.68. The molecule has 2 heterocycles. The Morgan fingerprint density at radius 3 is 2.62 bits per heavy atom. The van der Waals surface area contributed by atoms with Gasteiger partial charge in [0.2, 0.25) is 10.0 Å². The van der Waals surface area contributed by atoms with Gasteiger partial charge in [0, 0.05) is 25.8 Å². The highest BCUT2D eigenvalue weighted by molar-refractivity contribution is 7.89. The zero-order valence-electron chi connectivity index (χ0n) is 15.4. The second kappa shape index (κ2) is 9.71. The molecule has 0 radical (unpaired) electrons. The summed E-state index contributed by atoms with van der Waals surface area (Å²) in [6.45, 7) is 0.664. The van der Waals surface area contributed by atoms with Crippen LogP contribution in [0, 0.1) is 5.82 Å². The second-order valence-corrected chi connectivity index (χ2v) is 8.83. The number of carbonyl (C=O) groups excluding carboxylic acids is 1. The van der Waals surface area contributed by atoms with Crippen molar-refractivity contribution in [3.63, 3.8) is 0 Å². The summed E-state index contributed by atoms with van der Waals surface area (Å²) in [6.07, 6.45) is 3.86. The molecule has 1 aliphatic rings. The van der Waals surface area contributed by atoms with Crippen molar-refractivity contribution in [1.82, 2.24) is 14.6 Å². The molecule has 1 amide bonds. The van der Waals surface area contributed by atoms with Crippen LogP contribution in [0.15, 0.2) is 35.4 Å². The van der Waals surface area contributed by atoms with Gasteiger partial charge in [-0.3, -0.25) is 4.79 Å². The number of rotatable bonds is 5. The van der Waals surface area contributed by atoms with Crippen LogP contribution in [-0.2, 0) is 16.6 Å². The Labute approximate surface area is 179 Å². The number of hydrogen-bond donors (Lipinski definition) is 2. The standard InChI is InChI=1S/C18H20ClFN4O3S.ClH/c19-13-9-15(17(21)22-11-13)18(25)23-10-12-8-14(20)4-5-16(12)28(26,27)24-6-2-1-3-7-24;/h4-5,8-9,11H,1-3,6-7,10H2,(H2,21,22)(H,23,25);1H. The predicted molar refractivity (Wildman–Crippen MR) is 111 cm³/mol. The van der Waals surface area contributed by atoms with Gasteiger partial charge in [-0.15, -0.1) is 12.4 Å². The molecular formula is C18H21Cl2FN4O3S. The van der Waals surface area contributed by atoms with Crippen LogP contribution in [0.3, 0.4) is 0 Å². The molecule has 0 spiro atoms. The molecule has 0 bridgehead atoms. The quantitative estimate of drug-likeness (QED) is 0.710. The van der Waals surface area contributed by atoms with Crippen molar-refractivity contribution in [2.75, 3.05) is 18.8 Å². The minimum Gasteiger partial charge on any atom is -0.383 e. The maximum absolute atomic E-state index is 13.8. The van der Waals surface area contributed by atoms with Crippen LogP contribution in [0.4, 0.5) is 10.2 Å². The smallest absolute Gasteiger partial charge is 0.255 e. The lowest BCUT2D eigenvalue weighted by molar-refractivity contribution is 0.0951. The number of nitrogens with one attached hydrogen (secondary N) is 1. The molecule has 11 heteroatoms. The van der Waals surface area contributed by atoms with E-state index in [0.29, 0.717) is 13.1 Å². The van der Waals surface area contributed by atoms with E-state index in [-0.39, 0.29) is 45.8 Å². The van der Waals surface area contributed by atoms with E-state index >= 15 is 0 Å². The van der Waals surface area contributed by atoms with Crippen LogP contribution in [0.5, 0.6) is 0 Å². The normalized spacial score (nSPS) is 14.8. The van der Waals surface area contributed by atoms with E-state index in [9.17, 15) is 17.6 Å². The van der Waals surface area contributed by atoms with Gasteiger partial charge in [0.1, 0.15) is 11.6 Å². The minimum atomic E-state index is -3.78. The van der Waals surface area contributed by atoms with Crippen LogP contribution in [0.2, 0.25) is 5.02 Å². The van der Waals surface area contributed by atoms with Crippen LogP contribution >= 0.6 is 24.0 Å². The summed E-state index contributed by atoms with van der Waals surface area (Å²) in [7, 11) is -3.78. The third-order valence-corrected chi connectivity index (χ3v) is 6.73. The molecule has 0 saturated carbocycles. The number of benzene rings is 1. The van der Waals surface area contributed by atoms with Crippen molar-refractivity contribution >= 4 is 45.8 Å². The molecule has 1 aromatic carbocycles. The maximum atomic E-state index is 13.8. The van der Waals surface area contributed by atoms with Crippen molar-refractivity contribution in [3.05, 3.63) is 52.4 Å². The maximum Gasteiger partial charge on any atom is 0.255 e. The van der Waals surface area contributed by atoms with Crippen molar-refractivity contribution in [2.24, 2.45) is 0 Å². The molecule has 0 aliphatic carbocycles. The molecule has 0 atom stereocenters. The van der Waals surface area contributed by atoms with Crippen molar-refractivity contribution < 1.29 is 17.6 Å². The lowest BCUT2D eigenvalue weighted by Gasteiger charge is -2.27. The Morgan fingerprint density at radius 2 is 1.93 bits per heavy atom. The summed E-state index contributed by atoms with van der Waals surface area (Å²) in [6, 6.07) is 4.80. The number of sulfonamides is 1. The monoisotopic (exact) mass is 462 g/mol. The highest BCUT2D eigenvalue weighted by atomic mass is 35.5. The number of carbonyl (C=O) groups is 1. The number of amides is 1. The molecule has 3 rings (SSSR count). The Bertz CT molecular complexity index is 999. The fourth-order valence-corrected chi connectivity index (χ4v) is 4.96. The van der Waals surface area contributed by atoms with Gasteiger partial charge in [0.15, 0.2) is 0 Å². The van der Waals surface area contributed by atoms with E-state index in [1.54, 1.807) is 0 Å². The first kappa shape index (κ1) is 23.3. The van der Waals surface area contributed by atoms with Gasteiger partial charge in [-0.05, 0) is 42.7 Å². The largest absolute Gasteiger partial charge is 0.383 e. The molecule has 2 aromatic rings. The van der Waals surface area contributed by atoms with Gasteiger partial charge in [-0.25, -0.2) is 17.8 Å². The Hall–Kier alpha value is -1.94. The summed E-state index contributed by atoms with van der Waals surface area (Å²) in [5.74, 6) is -1.19. The first-order chi connectivity index (χ1) is 13.3. The Morgan fingerprint density at radius 1 is 1.24 bits per heavy atom. The van der Waals surface area contributed by atoms with Crippen molar-refractivity contribution in [3.8, 4) is 0 Å². The van der Waals surface area contributed by atoms with E-state index < -0.39 is 21.7 Å². The number of aromatic nitrogens is 1. The third-order valence-electron chi connectivity index (χ3n) is 4.52. The summed E-state index contributed by atoms with van der Waals surface area (Å²) in [4.78, 5) is 16.2. The molecule has 1 fully saturated rings. The Kier molecular flexibility index (Phi) is 7.81. The van der Waals surface area contributed by atoms with Gasteiger partial charge in [-0.1, -0.05) is 18.0 Å². The van der Waals surface area contributed by atoms with Gasteiger partial charge < -0.3 is 11.1 Å². The van der Waals surface area contributed by atoms with Crippen LogP contribution in [-0.4, -0.2) is 36.7 Å². The minimum absolute atomic E-state index is 0. The van der Waals surface area contributed by atoms with Gasteiger partial charge in [-0.2, -0.15) is 4.31 Å². The molecule has 1 saturated heterocycles. The molecular weight excluding hydrogens is 442 g/mol. The SMILES string of the molecule is Cl.Nc1ncc(Cl)cc1C(=O)NCc1cc(F)ccc1S(=O)(=O)N1CCCCC1. The fourth-order valence-electron chi connectivity index (χ4n) is 3.08. The zero-order valence-corrected chi connectivity index (χ0v) is 17.8. The number of hydrogen-bond acceptors (Lipinski definition) is 5. The fraction of sp³-hybridized carbons (Fsp3) is 0.333. The van der Waals surface area contributed by atoms with Crippen LogP contribution in [0.1, 0.15) is 35.2 Å². The molecule has 158 valence electrons. The number of anilines is 1. The molecule has 1 aromatic heterocycles. The van der Waals surface area contributed by atoms with Gasteiger partial charge in [0.25, 0.3) is 5.91 Å². The first-order valence-corrected chi connectivity index (χ1v) is 10.6. The average molecular weight is 463 g/mol. The van der Waals surface area contributed by atoms with Crippen LogP contribution in [0.25, 0.3) is 0 Å². The number of nitrogens with zero attached hydrogens (tertiary/aromatic N) is 2. The van der Waals surface area contributed by atoms with Crippen molar-refractivity contribution in [1.29, 1.82) is 0 Å². The summed E-state index contributed by atoms with van der Waals surface area (Å²) >= 11 is 5.84. The number of nitrogen functional groups attached to an aromatic ring is 1. The number of halogens is 3. The van der Waals surface area contributed by atoms with Gasteiger partial charge in [0.05, 0.1) is 15.5 Å². The highest BCUT2D eigenvalue weighted by Crippen LogP contribution is 2.24.